The number of ketones is 1. The van der Waals surface area contributed by atoms with Crippen LogP contribution in [-0.2, 0) is 16.0 Å². The largest absolute Gasteiger partial charge is 0.480 e. The molecule has 0 unspecified atom stereocenters. The molecule has 1 aliphatic carbocycles. The third-order valence-electron chi connectivity index (χ3n) is 5.95. The maximum atomic E-state index is 12.2. The standard InChI is InChI=1S/C26H28N4O3/c1-2-3-4-21-22(9-10-24(21)31)30-23(26(32)33)15-17-5-7-19(8-6-17)29-25-20-12-13-27-16-18(20)11-14-28-25/h5-8,11-14,16,23,30H,2-4,9-10,15H2,1H3,(H,28,29)(H,32,33)/t23-/m0/s1. The molecule has 4 rings (SSSR count). The smallest absolute Gasteiger partial charge is 0.326 e. The molecule has 3 N–H and O–H groups in total. The van der Waals surface area contributed by atoms with Crippen LogP contribution in [0.1, 0.15) is 44.6 Å². The van der Waals surface area contributed by atoms with E-state index in [0.29, 0.717) is 25.7 Å². The van der Waals surface area contributed by atoms with Crippen molar-refractivity contribution in [1.29, 1.82) is 0 Å². The van der Waals surface area contributed by atoms with Gasteiger partial charge >= 0.3 is 5.97 Å². The molecule has 0 fully saturated rings. The van der Waals surface area contributed by atoms with Crippen LogP contribution in [0.2, 0.25) is 0 Å². The van der Waals surface area contributed by atoms with Gasteiger partial charge in [0.15, 0.2) is 5.78 Å². The van der Waals surface area contributed by atoms with Crippen LogP contribution < -0.4 is 10.6 Å². The highest BCUT2D eigenvalue weighted by Gasteiger charge is 2.26. The van der Waals surface area contributed by atoms with Gasteiger partial charge in [0.05, 0.1) is 0 Å². The molecule has 0 radical (unpaired) electrons. The summed E-state index contributed by atoms with van der Waals surface area (Å²) in [6.07, 6.45) is 9.29. The second kappa shape index (κ2) is 10.3. The number of hydrogen-bond acceptors (Lipinski definition) is 6. The summed E-state index contributed by atoms with van der Waals surface area (Å²) in [7, 11) is 0. The maximum Gasteiger partial charge on any atom is 0.326 e. The molecular formula is C26H28N4O3. The van der Waals surface area contributed by atoms with Crippen molar-refractivity contribution in [3.05, 3.63) is 71.8 Å². The van der Waals surface area contributed by atoms with E-state index >= 15 is 0 Å². The van der Waals surface area contributed by atoms with Crippen LogP contribution in [0.15, 0.2) is 66.3 Å². The lowest BCUT2D eigenvalue weighted by molar-refractivity contribution is -0.139. The van der Waals surface area contributed by atoms with Crippen LogP contribution in [0, 0.1) is 0 Å². The van der Waals surface area contributed by atoms with Crippen LogP contribution in [0.3, 0.4) is 0 Å². The Morgan fingerprint density at radius 2 is 1.94 bits per heavy atom. The molecule has 170 valence electrons. The summed E-state index contributed by atoms with van der Waals surface area (Å²) in [6, 6.07) is 10.7. The fraction of sp³-hybridized carbons (Fsp3) is 0.308. The third-order valence-corrected chi connectivity index (χ3v) is 5.95. The number of aromatic nitrogens is 2. The Labute approximate surface area is 193 Å². The van der Waals surface area contributed by atoms with Gasteiger partial charge in [0.25, 0.3) is 0 Å². The van der Waals surface area contributed by atoms with Gasteiger partial charge in [-0.25, -0.2) is 9.78 Å². The number of carboxylic acids is 1. The van der Waals surface area contributed by atoms with Gasteiger partial charge in [-0.1, -0.05) is 25.5 Å². The number of hydrogen-bond donors (Lipinski definition) is 3. The van der Waals surface area contributed by atoms with Crippen LogP contribution in [0.5, 0.6) is 0 Å². The molecular weight excluding hydrogens is 416 g/mol. The van der Waals surface area contributed by atoms with Crippen molar-refractivity contribution in [2.75, 3.05) is 5.32 Å². The van der Waals surface area contributed by atoms with E-state index in [1.165, 1.54) is 0 Å². The fourth-order valence-electron chi connectivity index (χ4n) is 4.14. The van der Waals surface area contributed by atoms with Gasteiger partial charge in [0.2, 0.25) is 0 Å². The quantitative estimate of drug-likeness (QED) is 0.414. The number of aliphatic carboxylic acids is 1. The first-order chi connectivity index (χ1) is 16.0. The van der Waals surface area contributed by atoms with Crippen molar-refractivity contribution in [2.24, 2.45) is 0 Å². The van der Waals surface area contributed by atoms with E-state index in [1.807, 2.05) is 36.4 Å². The van der Waals surface area contributed by atoms with Crippen LogP contribution in [0.4, 0.5) is 11.5 Å². The molecule has 33 heavy (non-hydrogen) atoms. The lowest BCUT2D eigenvalue weighted by atomic mass is 10.0. The summed E-state index contributed by atoms with van der Waals surface area (Å²) in [6.45, 7) is 2.08. The second-order valence-corrected chi connectivity index (χ2v) is 8.30. The van der Waals surface area contributed by atoms with Crippen molar-refractivity contribution >= 4 is 34.0 Å². The van der Waals surface area contributed by atoms with Gasteiger partial charge in [-0.05, 0) is 49.1 Å². The van der Waals surface area contributed by atoms with Crippen molar-refractivity contribution in [2.45, 2.75) is 51.5 Å². The van der Waals surface area contributed by atoms with Gasteiger partial charge < -0.3 is 15.7 Å². The second-order valence-electron chi connectivity index (χ2n) is 8.30. The van der Waals surface area contributed by atoms with Crippen molar-refractivity contribution in [3.8, 4) is 0 Å². The minimum atomic E-state index is -0.924. The topological polar surface area (TPSA) is 104 Å². The lowest BCUT2D eigenvalue weighted by Gasteiger charge is -2.18. The molecule has 7 heteroatoms. The van der Waals surface area contributed by atoms with Crippen LogP contribution in [0.25, 0.3) is 10.8 Å². The molecule has 1 aliphatic rings. The molecule has 7 nitrogen and oxygen atoms in total. The molecule has 0 aliphatic heterocycles. The predicted octanol–water partition coefficient (Wildman–Crippen LogP) is 4.77. The zero-order valence-corrected chi connectivity index (χ0v) is 18.7. The average Bonchev–Trinajstić information content (AvgIpc) is 3.17. The molecule has 0 saturated carbocycles. The minimum Gasteiger partial charge on any atom is -0.480 e. The van der Waals surface area contributed by atoms with Crippen molar-refractivity contribution < 1.29 is 14.7 Å². The Morgan fingerprint density at radius 1 is 1.12 bits per heavy atom. The summed E-state index contributed by atoms with van der Waals surface area (Å²) in [4.78, 5) is 32.7. The van der Waals surface area contributed by atoms with Gasteiger partial charge in [0, 0.05) is 59.2 Å². The summed E-state index contributed by atoms with van der Waals surface area (Å²) in [5.74, 6) is -0.0408. The lowest BCUT2D eigenvalue weighted by Crippen LogP contribution is -2.38. The Balaban J connectivity index is 1.46. The molecule has 1 atom stereocenters. The Hall–Kier alpha value is -3.74. The molecule has 3 aromatic rings. The summed E-state index contributed by atoms with van der Waals surface area (Å²) in [5.41, 5.74) is 3.34. The zero-order valence-electron chi connectivity index (χ0n) is 18.7. The number of fused-ring (bicyclic) bond motifs is 1. The molecule has 2 aromatic heterocycles. The van der Waals surface area contributed by atoms with Gasteiger partial charge in [-0.3, -0.25) is 9.78 Å². The molecule has 0 bridgehead atoms. The molecule has 0 saturated heterocycles. The van der Waals surface area contributed by atoms with E-state index in [9.17, 15) is 14.7 Å². The number of pyridine rings is 2. The van der Waals surface area contributed by atoms with Gasteiger partial charge in [-0.2, -0.15) is 0 Å². The number of carbonyl (C=O) groups excluding carboxylic acids is 1. The number of anilines is 2. The predicted molar refractivity (Wildman–Crippen MR) is 128 cm³/mol. The minimum absolute atomic E-state index is 0.142. The first-order valence-electron chi connectivity index (χ1n) is 11.3. The summed E-state index contributed by atoms with van der Waals surface area (Å²) in [5, 5.41) is 18.2. The highest BCUT2D eigenvalue weighted by Crippen LogP contribution is 2.27. The van der Waals surface area contributed by atoms with Crippen molar-refractivity contribution in [1.82, 2.24) is 15.3 Å². The number of allylic oxidation sites excluding steroid dienone is 2. The van der Waals surface area contributed by atoms with Crippen molar-refractivity contribution in [3.63, 3.8) is 0 Å². The van der Waals surface area contributed by atoms with E-state index < -0.39 is 12.0 Å². The first-order valence-corrected chi connectivity index (χ1v) is 11.3. The molecule has 0 amide bonds. The number of Topliss-reactive ketones (excluding diaryl/α,β-unsaturated/α-hetero) is 1. The highest BCUT2D eigenvalue weighted by atomic mass is 16.4. The SMILES string of the molecule is CCCCC1=C(N[C@@H](Cc2ccc(Nc3nccc4cnccc34)cc2)C(=O)O)CCC1=O. The highest BCUT2D eigenvalue weighted by molar-refractivity contribution is 5.98. The van der Waals surface area contributed by atoms with E-state index in [1.54, 1.807) is 18.6 Å². The first kappa shape index (κ1) is 22.5. The summed E-state index contributed by atoms with van der Waals surface area (Å²) >= 11 is 0. The number of benzene rings is 1. The number of nitrogens with one attached hydrogen (secondary N) is 2. The molecule has 1 aromatic carbocycles. The summed E-state index contributed by atoms with van der Waals surface area (Å²) < 4.78 is 0. The van der Waals surface area contributed by atoms with E-state index in [-0.39, 0.29) is 5.78 Å². The molecule has 2 heterocycles. The fourth-order valence-corrected chi connectivity index (χ4v) is 4.14. The van der Waals surface area contributed by atoms with E-state index in [2.05, 4.69) is 27.5 Å². The maximum absolute atomic E-state index is 12.2. The Bertz CT molecular complexity index is 1180. The van der Waals surface area contributed by atoms with Gasteiger partial charge in [-0.15, -0.1) is 0 Å². The molecule has 0 spiro atoms. The Morgan fingerprint density at radius 3 is 2.70 bits per heavy atom. The zero-order chi connectivity index (χ0) is 23.2. The number of nitrogens with zero attached hydrogens (tertiary/aromatic N) is 2. The monoisotopic (exact) mass is 444 g/mol. The van der Waals surface area contributed by atoms with Crippen LogP contribution >= 0.6 is 0 Å². The number of rotatable bonds is 10. The third kappa shape index (κ3) is 5.37. The van der Waals surface area contributed by atoms with E-state index in [0.717, 1.165) is 52.0 Å². The Kier molecular flexibility index (Phi) is 6.98. The number of carboxylic acid groups (broad SMARTS) is 1. The van der Waals surface area contributed by atoms with E-state index in [4.69, 9.17) is 0 Å². The van der Waals surface area contributed by atoms with Crippen LogP contribution in [-0.4, -0.2) is 32.9 Å². The van der Waals surface area contributed by atoms with Gasteiger partial charge in [0.1, 0.15) is 11.9 Å². The normalized spacial score (nSPS) is 14.5. The average molecular weight is 445 g/mol. The number of unbranched alkanes of at least 4 members (excludes halogenated alkanes) is 1. The number of carbonyl (C=O) groups is 2.